The van der Waals surface area contributed by atoms with Crippen molar-refractivity contribution >= 4 is 39.8 Å². The van der Waals surface area contributed by atoms with Crippen molar-refractivity contribution in [2.45, 2.75) is 19.9 Å². The first-order valence-corrected chi connectivity index (χ1v) is 15.5. The fourth-order valence-electron chi connectivity index (χ4n) is 5.93. The lowest BCUT2D eigenvalue weighted by Crippen LogP contribution is -2.40. The van der Waals surface area contributed by atoms with Gasteiger partial charge in [-0.25, -0.2) is 9.79 Å². The van der Waals surface area contributed by atoms with Crippen molar-refractivity contribution in [1.29, 1.82) is 0 Å². The first-order chi connectivity index (χ1) is 21.9. The standard InChI is InChI=1S/C34H35N3O7S/c1-6-44-33(39)29-20(2)35-34-37(31(29)30-25-19-24(40-3)11-8-21(25)9-12-26(30)41-4)32(38)28(45-34)17-22-7-10-23(18-27(22)42-5)36-13-15-43-16-14-36/h7-12,17-19,31H,6,13-16H2,1-5H3. The van der Waals surface area contributed by atoms with Gasteiger partial charge in [0.1, 0.15) is 23.3 Å². The topological polar surface area (TPSA) is 101 Å². The van der Waals surface area contributed by atoms with Gasteiger partial charge in [0.05, 0.1) is 57.0 Å². The monoisotopic (exact) mass is 629 g/mol. The molecule has 0 saturated carbocycles. The van der Waals surface area contributed by atoms with Gasteiger partial charge in [-0.05, 0) is 61.0 Å². The van der Waals surface area contributed by atoms with Crippen LogP contribution in [0.3, 0.4) is 0 Å². The number of fused-ring (bicyclic) bond motifs is 2. The van der Waals surface area contributed by atoms with Crippen LogP contribution in [-0.4, -0.2) is 64.8 Å². The maximum Gasteiger partial charge on any atom is 0.338 e. The summed E-state index contributed by atoms with van der Waals surface area (Å²) in [6.07, 6.45) is 1.82. The van der Waals surface area contributed by atoms with Gasteiger partial charge in [0.25, 0.3) is 5.56 Å². The van der Waals surface area contributed by atoms with Crippen molar-refractivity contribution in [3.05, 3.63) is 90.6 Å². The molecule has 0 aliphatic carbocycles. The Labute approximate surface area is 264 Å². The third-order valence-electron chi connectivity index (χ3n) is 8.12. The Bertz CT molecular complexity index is 1980. The fraction of sp³-hybridized carbons (Fsp3) is 0.324. The molecule has 1 fully saturated rings. The summed E-state index contributed by atoms with van der Waals surface area (Å²) in [6, 6.07) is 14.6. The van der Waals surface area contributed by atoms with Crippen molar-refractivity contribution < 1.29 is 28.5 Å². The average Bonchev–Trinajstić information content (AvgIpc) is 3.37. The zero-order chi connectivity index (χ0) is 31.7. The van der Waals surface area contributed by atoms with Crippen LogP contribution in [0.5, 0.6) is 17.2 Å². The summed E-state index contributed by atoms with van der Waals surface area (Å²) in [6.45, 7) is 6.63. The number of anilines is 1. The second-order valence-electron chi connectivity index (χ2n) is 10.6. The molecular weight excluding hydrogens is 594 g/mol. The van der Waals surface area contributed by atoms with Gasteiger partial charge in [-0.3, -0.25) is 9.36 Å². The van der Waals surface area contributed by atoms with E-state index in [4.69, 9.17) is 28.7 Å². The molecule has 11 heteroatoms. The maximum atomic E-state index is 14.4. The third kappa shape index (κ3) is 5.57. The van der Waals surface area contributed by atoms with Crippen molar-refractivity contribution in [2.75, 3.05) is 59.1 Å². The molecule has 3 heterocycles. The normalized spacial score (nSPS) is 16.8. The van der Waals surface area contributed by atoms with Crippen LogP contribution in [0.15, 0.2) is 69.6 Å². The molecule has 1 unspecified atom stereocenters. The number of nitrogens with zero attached hydrogens (tertiary/aromatic N) is 3. The summed E-state index contributed by atoms with van der Waals surface area (Å²) in [5, 5.41) is 1.68. The van der Waals surface area contributed by atoms with E-state index in [0.29, 0.717) is 51.1 Å². The summed E-state index contributed by atoms with van der Waals surface area (Å²) < 4.78 is 30.2. The molecular formula is C34H35N3O7S. The van der Waals surface area contributed by atoms with Crippen molar-refractivity contribution in [2.24, 2.45) is 4.99 Å². The predicted octanol–water partition coefficient (Wildman–Crippen LogP) is 3.81. The molecule has 0 N–H and O–H groups in total. The van der Waals surface area contributed by atoms with Crippen LogP contribution in [-0.2, 0) is 14.3 Å². The number of thiazole rings is 1. The maximum absolute atomic E-state index is 14.4. The van der Waals surface area contributed by atoms with Gasteiger partial charge in [-0.1, -0.05) is 23.5 Å². The first kappa shape index (κ1) is 30.4. The minimum Gasteiger partial charge on any atom is -0.497 e. The summed E-state index contributed by atoms with van der Waals surface area (Å²) in [7, 11) is 4.79. The van der Waals surface area contributed by atoms with Gasteiger partial charge < -0.3 is 28.6 Å². The van der Waals surface area contributed by atoms with Crippen molar-refractivity contribution in [1.82, 2.24) is 4.57 Å². The number of carbonyl (C=O) groups is 1. The van der Waals surface area contributed by atoms with Gasteiger partial charge in [-0.2, -0.15) is 0 Å². The Morgan fingerprint density at radius 2 is 1.78 bits per heavy atom. The van der Waals surface area contributed by atoms with Crippen LogP contribution < -0.4 is 34.0 Å². The molecule has 6 rings (SSSR count). The molecule has 1 saturated heterocycles. The van der Waals surface area contributed by atoms with E-state index in [9.17, 15) is 9.59 Å². The predicted molar refractivity (Wildman–Crippen MR) is 173 cm³/mol. The quantitative estimate of drug-likeness (QED) is 0.272. The molecule has 2 aliphatic heterocycles. The number of esters is 1. The Hall–Kier alpha value is -4.61. The van der Waals surface area contributed by atoms with Crippen LogP contribution >= 0.6 is 11.3 Å². The number of allylic oxidation sites excluding steroid dienone is 1. The molecule has 1 atom stereocenters. The number of carbonyl (C=O) groups excluding carboxylic acids is 1. The fourth-order valence-corrected chi connectivity index (χ4v) is 6.97. The number of aromatic nitrogens is 1. The number of hydrogen-bond donors (Lipinski definition) is 0. The highest BCUT2D eigenvalue weighted by Crippen LogP contribution is 2.41. The Balaban J connectivity index is 1.58. The van der Waals surface area contributed by atoms with Crippen LogP contribution in [0, 0.1) is 0 Å². The second-order valence-corrected chi connectivity index (χ2v) is 11.6. The molecule has 45 heavy (non-hydrogen) atoms. The Morgan fingerprint density at radius 1 is 1.02 bits per heavy atom. The minimum atomic E-state index is -0.862. The molecule has 3 aromatic carbocycles. The van der Waals surface area contributed by atoms with E-state index in [0.717, 1.165) is 35.1 Å². The van der Waals surface area contributed by atoms with Crippen molar-refractivity contribution in [3.63, 3.8) is 0 Å². The molecule has 0 radical (unpaired) electrons. The summed E-state index contributed by atoms with van der Waals surface area (Å²) in [5.41, 5.74) is 2.88. The van der Waals surface area contributed by atoms with Crippen molar-refractivity contribution in [3.8, 4) is 17.2 Å². The lowest BCUT2D eigenvalue weighted by Gasteiger charge is -2.29. The number of hydrogen-bond acceptors (Lipinski definition) is 10. The molecule has 0 bridgehead atoms. The zero-order valence-electron chi connectivity index (χ0n) is 25.9. The smallest absolute Gasteiger partial charge is 0.338 e. The minimum absolute atomic E-state index is 0.174. The van der Waals surface area contributed by atoms with Crippen LogP contribution in [0.25, 0.3) is 16.8 Å². The number of rotatable bonds is 8. The molecule has 2 aliphatic rings. The van der Waals surface area contributed by atoms with Crippen LogP contribution in [0.4, 0.5) is 5.69 Å². The summed E-state index contributed by atoms with van der Waals surface area (Å²) in [5.74, 6) is 1.26. The lowest BCUT2D eigenvalue weighted by atomic mass is 9.90. The second kappa shape index (κ2) is 12.8. The molecule has 4 aromatic rings. The van der Waals surface area contributed by atoms with E-state index in [-0.39, 0.29) is 17.7 Å². The highest BCUT2D eigenvalue weighted by molar-refractivity contribution is 7.07. The van der Waals surface area contributed by atoms with Crippen LogP contribution in [0.2, 0.25) is 0 Å². The number of morpholine rings is 1. The van der Waals surface area contributed by atoms with E-state index in [1.807, 2.05) is 54.6 Å². The zero-order valence-corrected chi connectivity index (χ0v) is 26.7. The third-order valence-corrected chi connectivity index (χ3v) is 9.10. The Morgan fingerprint density at radius 3 is 2.49 bits per heavy atom. The number of benzene rings is 3. The molecule has 0 spiro atoms. The molecule has 1 aromatic heterocycles. The lowest BCUT2D eigenvalue weighted by molar-refractivity contribution is -0.139. The number of methoxy groups -OCH3 is 3. The largest absolute Gasteiger partial charge is 0.497 e. The highest BCUT2D eigenvalue weighted by Gasteiger charge is 2.36. The van der Waals surface area contributed by atoms with E-state index < -0.39 is 12.0 Å². The van der Waals surface area contributed by atoms with E-state index in [1.165, 1.54) is 11.3 Å². The van der Waals surface area contributed by atoms with Crippen LogP contribution in [0.1, 0.15) is 31.0 Å². The molecule has 10 nitrogen and oxygen atoms in total. The van der Waals surface area contributed by atoms with E-state index in [2.05, 4.69) is 4.90 Å². The van der Waals surface area contributed by atoms with Gasteiger partial charge in [0, 0.05) is 36.0 Å². The van der Waals surface area contributed by atoms with Gasteiger partial charge >= 0.3 is 5.97 Å². The molecule has 0 amide bonds. The highest BCUT2D eigenvalue weighted by atomic mass is 32.1. The number of ether oxygens (including phenoxy) is 5. The van der Waals surface area contributed by atoms with E-state index >= 15 is 0 Å². The van der Waals surface area contributed by atoms with Gasteiger partial charge in [0.15, 0.2) is 4.80 Å². The van der Waals surface area contributed by atoms with Gasteiger partial charge in [-0.15, -0.1) is 0 Å². The first-order valence-electron chi connectivity index (χ1n) is 14.7. The Kier molecular flexibility index (Phi) is 8.64. The summed E-state index contributed by atoms with van der Waals surface area (Å²) in [4.78, 5) is 35.4. The van der Waals surface area contributed by atoms with Gasteiger partial charge in [0.2, 0.25) is 0 Å². The van der Waals surface area contributed by atoms with E-state index in [1.54, 1.807) is 39.7 Å². The summed E-state index contributed by atoms with van der Waals surface area (Å²) >= 11 is 1.26. The SMILES string of the molecule is CCOC(=O)C1=C(C)N=c2sc(=Cc3ccc(N4CCOCC4)cc3OC)c(=O)n2C1c1c(OC)ccc2ccc(OC)cc12. The molecule has 234 valence electrons. The average molecular weight is 630 g/mol.